The van der Waals surface area contributed by atoms with Gasteiger partial charge in [-0.25, -0.2) is 0 Å². The molecule has 0 unspecified atom stereocenters. The van der Waals surface area contributed by atoms with E-state index in [0.29, 0.717) is 11.5 Å². The molecule has 0 spiro atoms. The number of phenolic OH excluding ortho intramolecular Hbond substituents is 2. The van der Waals surface area contributed by atoms with Crippen molar-refractivity contribution in [3.63, 3.8) is 0 Å². The number of rotatable bonds is 4. The van der Waals surface area contributed by atoms with Crippen molar-refractivity contribution >= 4 is 18.4 Å². The van der Waals surface area contributed by atoms with Crippen LogP contribution in [0.5, 0.6) is 11.5 Å². The fourth-order valence-corrected chi connectivity index (χ4v) is 5.31. The van der Waals surface area contributed by atoms with E-state index in [1.165, 1.54) is 11.1 Å². The van der Waals surface area contributed by atoms with E-state index in [2.05, 4.69) is 107 Å². The Morgan fingerprint density at radius 2 is 0.935 bits per heavy atom. The van der Waals surface area contributed by atoms with Crippen LogP contribution >= 0.6 is 0 Å². The van der Waals surface area contributed by atoms with Crippen molar-refractivity contribution < 1.29 is 42.4 Å². The van der Waals surface area contributed by atoms with E-state index in [9.17, 15) is 10.2 Å². The van der Waals surface area contributed by atoms with Crippen LogP contribution in [0.4, 0.5) is 0 Å². The van der Waals surface area contributed by atoms with E-state index >= 15 is 0 Å². The van der Waals surface area contributed by atoms with Gasteiger partial charge in [-0.15, -0.1) is 0 Å². The van der Waals surface area contributed by atoms with E-state index < -0.39 is 5.97 Å². The average molecular weight is 684 g/mol. The first-order chi connectivity index (χ1) is 19.9. The summed E-state index contributed by atoms with van der Waals surface area (Å²) in [6.07, 6.45) is 7.90. The van der Waals surface area contributed by atoms with Gasteiger partial charge in [-0.2, -0.15) is 0 Å². The van der Waals surface area contributed by atoms with Crippen LogP contribution in [-0.4, -0.2) is 51.3 Å². The largest absolute Gasteiger partial charge is 0.507 e. The van der Waals surface area contributed by atoms with Crippen LogP contribution in [-0.2, 0) is 43.2 Å². The van der Waals surface area contributed by atoms with Crippen molar-refractivity contribution in [3.05, 3.63) is 57.6 Å². The molecule has 0 bridgehead atoms. The maximum absolute atomic E-state index is 11.2. The molecule has 0 aliphatic heterocycles. The maximum atomic E-state index is 11.2. The smallest absolute Gasteiger partial charge is 0.300 e. The van der Waals surface area contributed by atoms with Crippen molar-refractivity contribution in [3.8, 4) is 11.5 Å². The molecule has 8 heteroatoms. The fraction of sp³-hybridized carbons (Fsp3) is 0.605. The molecule has 1 aliphatic carbocycles. The third kappa shape index (κ3) is 12.2. The topological polar surface area (TPSA) is 134 Å². The molecule has 0 amide bonds. The summed E-state index contributed by atoms with van der Waals surface area (Å²) >= 11 is 0. The summed E-state index contributed by atoms with van der Waals surface area (Å²) in [7, 11) is 0. The minimum Gasteiger partial charge on any atom is -0.507 e. The third-order valence-corrected chi connectivity index (χ3v) is 8.13. The molecule has 0 saturated heterocycles. The summed E-state index contributed by atoms with van der Waals surface area (Å²) in [6.45, 7) is 27.1. The van der Waals surface area contributed by atoms with Crippen LogP contribution in [0.1, 0.15) is 149 Å². The van der Waals surface area contributed by atoms with Crippen LogP contribution in [0.25, 0.3) is 0 Å². The summed E-state index contributed by atoms with van der Waals surface area (Å²) < 4.78 is 0. The predicted molar refractivity (Wildman–Crippen MR) is 189 cm³/mol. The zero-order chi connectivity index (χ0) is 33.8. The maximum Gasteiger partial charge on any atom is 0.300 e. The van der Waals surface area contributed by atoms with E-state index in [0.717, 1.165) is 54.9 Å². The number of hydrogen-bond donors (Lipinski definition) is 3. The van der Waals surface area contributed by atoms with Crippen LogP contribution in [0, 0.1) is 0 Å². The minimum absolute atomic E-state index is 0. The molecule has 2 atom stereocenters. The monoisotopic (exact) mass is 683 g/mol. The Labute approximate surface area is 288 Å². The Balaban J connectivity index is 0.00000318. The van der Waals surface area contributed by atoms with Gasteiger partial charge < -0.3 is 20.8 Å². The average Bonchev–Trinajstić information content (AvgIpc) is 2.84. The second-order valence-corrected chi connectivity index (χ2v) is 16.4. The Kier molecular flexibility index (Phi) is 15.5. The van der Waals surface area contributed by atoms with Crippen molar-refractivity contribution in [2.45, 2.75) is 149 Å². The first kappa shape index (κ1) is 43.3. The Hall–Kier alpha value is -2.68. The molecule has 5 N–H and O–H groups in total. The summed E-state index contributed by atoms with van der Waals surface area (Å²) in [4.78, 5) is 19.1. The van der Waals surface area contributed by atoms with Crippen molar-refractivity contribution in [2.75, 3.05) is 0 Å². The molecule has 3 rings (SSSR count). The molecule has 261 valence electrons. The summed E-state index contributed by atoms with van der Waals surface area (Å²) in [5.41, 5.74) is 5.39. The van der Waals surface area contributed by atoms with Gasteiger partial charge in [-0.3, -0.25) is 14.8 Å². The molecule has 7 nitrogen and oxygen atoms in total. The molecular formula is C38H60CoN2O5. The number of carbonyl (C=O) groups is 1. The van der Waals surface area contributed by atoms with E-state index in [4.69, 9.17) is 19.9 Å². The molecule has 1 saturated carbocycles. The molecule has 2 aromatic carbocycles. The molecular weight excluding hydrogens is 623 g/mol. The van der Waals surface area contributed by atoms with E-state index in [-0.39, 0.29) is 56.0 Å². The van der Waals surface area contributed by atoms with Gasteiger partial charge in [0.15, 0.2) is 0 Å². The molecule has 1 radical (unpaired) electrons. The van der Waals surface area contributed by atoms with Gasteiger partial charge in [0.1, 0.15) is 11.5 Å². The zero-order valence-electron chi connectivity index (χ0n) is 30.4. The molecule has 0 aromatic heterocycles. The van der Waals surface area contributed by atoms with E-state index in [1.807, 2.05) is 12.4 Å². The number of phenols is 2. The van der Waals surface area contributed by atoms with Crippen LogP contribution in [0.15, 0.2) is 34.3 Å². The van der Waals surface area contributed by atoms with Gasteiger partial charge in [-0.05, 0) is 57.8 Å². The van der Waals surface area contributed by atoms with Crippen LogP contribution in [0.3, 0.4) is 0 Å². The fourth-order valence-electron chi connectivity index (χ4n) is 5.31. The van der Waals surface area contributed by atoms with Crippen LogP contribution < -0.4 is 0 Å². The number of hydrogen-bond acceptors (Lipinski definition) is 5. The number of benzene rings is 2. The van der Waals surface area contributed by atoms with Crippen molar-refractivity contribution in [2.24, 2.45) is 9.98 Å². The van der Waals surface area contributed by atoms with Gasteiger partial charge in [-0.1, -0.05) is 108 Å². The molecule has 1 aliphatic rings. The number of nitrogens with zero attached hydrogens (tertiary/aromatic N) is 2. The minimum atomic E-state index is -0.833. The number of aliphatic imine (C=N–C) groups is 2. The Morgan fingerprint density at radius 1 is 0.652 bits per heavy atom. The second-order valence-electron chi connectivity index (χ2n) is 16.4. The molecule has 2 aromatic rings. The first-order valence-electron chi connectivity index (χ1n) is 15.9. The summed E-state index contributed by atoms with van der Waals surface area (Å²) in [5, 5.41) is 29.9. The quantitative estimate of drug-likeness (QED) is 0.279. The van der Waals surface area contributed by atoms with Crippen molar-refractivity contribution in [1.82, 2.24) is 0 Å². The predicted octanol–water partition coefficient (Wildman–Crippen LogP) is 8.40. The van der Waals surface area contributed by atoms with Gasteiger partial charge in [0.2, 0.25) is 0 Å². The van der Waals surface area contributed by atoms with Gasteiger partial charge in [0.05, 0.1) is 12.1 Å². The van der Waals surface area contributed by atoms with Crippen molar-refractivity contribution in [1.29, 1.82) is 0 Å². The second kappa shape index (κ2) is 16.4. The molecule has 1 fully saturated rings. The molecule has 46 heavy (non-hydrogen) atoms. The Bertz CT molecular complexity index is 1270. The standard InChI is InChI=1S/C36H54N2O2.C2H4O2.Co.H2O/c1-33(2,3)25-17-23(31(39)27(19-25)35(7,8)9)21-37-29-15-13-14-16-30(29)38-22-24-18-26(34(4,5)6)20-28(32(24)40)36(10,11)12;1-2(3)4;;/h17-22,29-30,39-40H,13-16H2,1-12H3;1H3,(H,3,4);;1H2/t29-,30-;;;/m1.../s1. The Morgan fingerprint density at radius 3 is 1.17 bits per heavy atom. The number of carboxylic acids is 1. The summed E-state index contributed by atoms with van der Waals surface area (Å²) in [5.74, 6) is -0.197. The van der Waals surface area contributed by atoms with E-state index in [1.54, 1.807) is 0 Å². The number of aliphatic carboxylic acids is 1. The number of aromatic hydroxyl groups is 2. The first-order valence-corrected chi connectivity index (χ1v) is 15.9. The third-order valence-electron chi connectivity index (χ3n) is 8.13. The van der Waals surface area contributed by atoms with Crippen LogP contribution in [0.2, 0.25) is 0 Å². The normalized spacial score (nSPS) is 17.6. The SMILES string of the molecule is CC(=O)O.CC(C)(C)c1cc(C=N[C@@H]2CCCC[C@H]2N=Cc2cc(C(C)(C)C)cc(C(C)(C)C)c2O)c(O)c(C(C)(C)C)c1.O.[Co]. The van der Waals surface area contributed by atoms with Gasteiger partial charge in [0.25, 0.3) is 5.97 Å². The van der Waals surface area contributed by atoms with Gasteiger partial charge in [0, 0.05) is 58.4 Å². The zero-order valence-corrected chi connectivity index (χ0v) is 31.5. The summed E-state index contributed by atoms with van der Waals surface area (Å²) in [6, 6.07) is 8.53. The van der Waals surface area contributed by atoms with Gasteiger partial charge >= 0.3 is 0 Å². The number of carboxylic acid groups (broad SMARTS) is 1. The molecule has 0 heterocycles.